The monoisotopic (exact) mass is 686 g/mol. The van der Waals surface area contributed by atoms with Gasteiger partial charge in [-0.1, -0.05) is 65.1 Å². The Morgan fingerprint density at radius 1 is 0.604 bits per heavy atom. The molecular weight excluding hydrogens is 649 g/mol. The standard InChI is InChI=1S/C31H25F7O6.2C2H6/c1-18(2)27(39)41-16-20-5-9-22(10-6-20)30(35,36)43-24-13-14-26(25(15-24)29(32,33)34)44-31(37,38)23-11-7-21(8-12-23)17-42-28(40)19(3)4;2*1-2/h5-15H,1,3,16-17H2,2,4H3;2*1-2H3. The highest BCUT2D eigenvalue weighted by atomic mass is 19.4. The Morgan fingerprint density at radius 2 is 0.979 bits per heavy atom. The normalized spacial score (nSPS) is 11.1. The third-order valence-corrected chi connectivity index (χ3v) is 5.76. The molecule has 3 rings (SSSR count). The number of hydrogen-bond acceptors (Lipinski definition) is 6. The van der Waals surface area contributed by atoms with E-state index < -0.39 is 58.5 Å². The molecule has 0 spiro atoms. The highest BCUT2D eigenvalue weighted by Crippen LogP contribution is 2.43. The highest BCUT2D eigenvalue weighted by Gasteiger charge is 2.42. The summed E-state index contributed by atoms with van der Waals surface area (Å²) in [6.45, 7) is 17.1. The van der Waals surface area contributed by atoms with Crippen LogP contribution >= 0.6 is 0 Å². The molecule has 0 saturated carbocycles. The number of ether oxygens (including phenoxy) is 4. The van der Waals surface area contributed by atoms with Gasteiger partial charge in [0.15, 0.2) is 0 Å². The van der Waals surface area contributed by atoms with Gasteiger partial charge in [0.25, 0.3) is 0 Å². The fourth-order valence-electron chi connectivity index (χ4n) is 3.42. The number of rotatable bonds is 12. The molecule has 0 fully saturated rings. The summed E-state index contributed by atoms with van der Waals surface area (Å²) in [5.41, 5.74) is -2.47. The number of benzene rings is 3. The van der Waals surface area contributed by atoms with Crippen molar-refractivity contribution in [1.29, 1.82) is 0 Å². The van der Waals surface area contributed by atoms with Crippen LogP contribution in [0.1, 0.15) is 69.4 Å². The molecule has 0 aliphatic rings. The molecule has 0 radical (unpaired) electrons. The maximum Gasteiger partial charge on any atom is 0.426 e. The molecule has 6 nitrogen and oxygen atoms in total. The number of halogens is 7. The smallest absolute Gasteiger partial charge is 0.426 e. The van der Waals surface area contributed by atoms with Gasteiger partial charge in [0.2, 0.25) is 0 Å². The lowest BCUT2D eigenvalue weighted by molar-refractivity contribution is -0.193. The molecule has 0 aliphatic carbocycles. The van der Waals surface area contributed by atoms with Crippen molar-refractivity contribution in [3.8, 4) is 11.5 Å². The van der Waals surface area contributed by atoms with E-state index in [4.69, 9.17) is 9.47 Å². The second-order valence-electron chi connectivity index (χ2n) is 9.50. The fourth-order valence-corrected chi connectivity index (χ4v) is 3.42. The van der Waals surface area contributed by atoms with Gasteiger partial charge in [0, 0.05) is 11.1 Å². The number of hydrogen-bond donors (Lipinski definition) is 0. The zero-order valence-electron chi connectivity index (χ0n) is 27.3. The van der Waals surface area contributed by atoms with Crippen LogP contribution in [-0.4, -0.2) is 11.9 Å². The maximum atomic E-state index is 14.9. The van der Waals surface area contributed by atoms with Crippen LogP contribution in [0.4, 0.5) is 30.7 Å². The molecule has 262 valence electrons. The van der Waals surface area contributed by atoms with Gasteiger partial charge in [0.05, 0.1) is 11.1 Å². The Kier molecular flexibility index (Phi) is 15.4. The van der Waals surface area contributed by atoms with E-state index in [1.54, 1.807) is 0 Å². The van der Waals surface area contributed by atoms with Crippen molar-refractivity contribution in [2.45, 2.75) is 73.1 Å². The number of carbonyl (C=O) groups is 2. The average Bonchev–Trinajstić information content (AvgIpc) is 3.04. The lowest BCUT2D eigenvalue weighted by atomic mass is 10.1. The van der Waals surface area contributed by atoms with Crippen molar-refractivity contribution in [3.05, 3.63) is 119 Å². The second kappa shape index (κ2) is 17.9. The van der Waals surface area contributed by atoms with Crippen LogP contribution in [0.5, 0.6) is 11.5 Å². The van der Waals surface area contributed by atoms with E-state index in [0.29, 0.717) is 23.3 Å². The van der Waals surface area contributed by atoms with Gasteiger partial charge < -0.3 is 18.9 Å². The van der Waals surface area contributed by atoms with Crippen LogP contribution in [0, 0.1) is 0 Å². The van der Waals surface area contributed by atoms with E-state index in [1.807, 2.05) is 27.7 Å². The summed E-state index contributed by atoms with van der Waals surface area (Å²) in [5.74, 6) is -3.72. The van der Waals surface area contributed by atoms with Gasteiger partial charge >= 0.3 is 30.3 Å². The molecule has 13 heteroatoms. The largest absolute Gasteiger partial charge is 0.457 e. The molecule has 0 heterocycles. The Balaban J connectivity index is 0.00000277. The number of carbonyl (C=O) groups excluding carboxylic acids is 2. The van der Waals surface area contributed by atoms with Crippen molar-refractivity contribution < 1.29 is 59.3 Å². The molecule has 3 aromatic rings. The van der Waals surface area contributed by atoms with Gasteiger partial charge in [-0.05, 0) is 67.4 Å². The Labute approximate surface area is 274 Å². The summed E-state index contributed by atoms with van der Waals surface area (Å²) in [6, 6.07) is 9.45. The lowest BCUT2D eigenvalue weighted by Gasteiger charge is -2.23. The van der Waals surface area contributed by atoms with Gasteiger partial charge in [-0.3, -0.25) is 0 Å². The molecule has 0 atom stereocenters. The minimum atomic E-state index is -5.29. The minimum absolute atomic E-state index is 0.115. The summed E-state index contributed by atoms with van der Waals surface area (Å²) >= 11 is 0. The first-order valence-electron chi connectivity index (χ1n) is 14.6. The molecule has 3 aromatic carbocycles. The molecule has 0 bridgehead atoms. The summed E-state index contributed by atoms with van der Waals surface area (Å²) in [6.07, 6.45) is -13.7. The summed E-state index contributed by atoms with van der Waals surface area (Å²) in [7, 11) is 0. The highest BCUT2D eigenvalue weighted by molar-refractivity contribution is 5.87. The second-order valence-corrected chi connectivity index (χ2v) is 9.50. The van der Waals surface area contributed by atoms with E-state index >= 15 is 0 Å². The van der Waals surface area contributed by atoms with Crippen LogP contribution < -0.4 is 9.47 Å². The molecule has 0 amide bonds. The molecule has 48 heavy (non-hydrogen) atoms. The molecule has 0 saturated heterocycles. The van der Waals surface area contributed by atoms with Crippen molar-refractivity contribution in [2.24, 2.45) is 0 Å². The van der Waals surface area contributed by atoms with Crippen LogP contribution in [0.15, 0.2) is 91.0 Å². The number of alkyl halides is 7. The van der Waals surface area contributed by atoms with Crippen molar-refractivity contribution in [2.75, 3.05) is 0 Å². The Morgan fingerprint density at radius 3 is 1.33 bits per heavy atom. The fraction of sp³-hybridized carbons (Fsp3) is 0.314. The van der Waals surface area contributed by atoms with E-state index in [-0.39, 0.29) is 30.4 Å². The minimum Gasteiger partial charge on any atom is -0.457 e. The van der Waals surface area contributed by atoms with E-state index in [0.717, 1.165) is 36.4 Å². The van der Waals surface area contributed by atoms with Gasteiger partial charge in [0.1, 0.15) is 30.3 Å². The quantitative estimate of drug-likeness (QED) is 0.107. The first-order valence-corrected chi connectivity index (χ1v) is 14.6. The first kappa shape index (κ1) is 41.2. The van der Waals surface area contributed by atoms with Gasteiger partial charge in [-0.15, -0.1) is 0 Å². The van der Waals surface area contributed by atoms with Crippen LogP contribution in [0.2, 0.25) is 0 Å². The lowest BCUT2D eigenvalue weighted by Crippen LogP contribution is -2.24. The molecule has 0 unspecified atom stereocenters. The van der Waals surface area contributed by atoms with E-state index in [1.165, 1.54) is 26.0 Å². The van der Waals surface area contributed by atoms with Crippen molar-refractivity contribution in [1.82, 2.24) is 0 Å². The molecule has 0 N–H and O–H groups in total. The molecule has 0 aromatic heterocycles. The Hall–Kier alpha value is -4.81. The maximum absolute atomic E-state index is 14.9. The van der Waals surface area contributed by atoms with Crippen molar-refractivity contribution in [3.63, 3.8) is 0 Å². The summed E-state index contributed by atoms with van der Waals surface area (Å²) < 4.78 is 119. The SMILES string of the molecule is C=C(C)C(=O)OCc1ccc(C(F)(F)Oc2ccc(OC(F)(F)c3ccc(COC(=O)C(=C)C)cc3)c(C(F)(F)F)c2)cc1.CC.CC. The topological polar surface area (TPSA) is 71.1 Å². The third kappa shape index (κ3) is 12.1. The van der Waals surface area contributed by atoms with E-state index in [9.17, 15) is 40.3 Å². The predicted octanol–water partition coefficient (Wildman–Crippen LogP) is 10.3. The Bertz CT molecular complexity index is 1530. The van der Waals surface area contributed by atoms with Crippen LogP contribution in [-0.2, 0) is 50.7 Å². The molecular formula is C35H37F7O6. The zero-order chi connectivity index (χ0) is 36.9. The van der Waals surface area contributed by atoms with Gasteiger partial charge in [-0.2, -0.15) is 30.7 Å². The van der Waals surface area contributed by atoms with Gasteiger partial charge in [-0.25, -0.2) is 9.59 Å². The predicted molar refractivity (Wildman–Crippen MR) is 165 cm³/mol. The summed E-state index contributed by atoms with van der Waals surface area (Å²) in [5, 5.41) is 0. The first-order chi connectivity index (χ1) is 22.4. The van der Waals surface area contributed by atoms with Crippen LogP contribution in [0.3, 0.4) is 0 Å². The third-order valence-electron chi connectivity index (χ3n) is 5.76. The number of esters is 2. The molecule has 0 aliphatic heterocycles. The summed E-state index contributed by atoms with van der Waals surface area (Å²) in [4.78, 5) is 23.0. The average molecular weight is 687 g/mol. The zero-order valence-corrected chi connectivity index (χ0v) is 27.3. The van der Waals surface area contributed by atoms with E-state index in [2.05, 4.69) is 22.6 Å². The van der Waals surface area contributed by atoms with Crippen LogP contribution in [0.25, 0.3) is 0 Å². The van der Waals surface area contributed by atoms with Crippen molar-refractivity contribution >= 4 is 11.9 Å².